The van der Waals surface area contributed by atoms with Gasteiger partial charge >= 0.3 is 0 Å². The van der Waals surface area contributed by atoms with Gasteiger partial charge in [-0.2, -0.15) is 0 Å². The van der Waals surface area contributed by atoms with Crippen LogP contribution in [0.2, 0.25) is 0 Å². The fourth-order valence-electron chi connectivity index (χ4n) is 2.71. The van der Waals surface area contributed by atoms with Crippen LogP contribution in [0, 0.1) is 0 Å². The maximum atomic E-state index is 5.41. The molecule has 1 N–H and O–H groups in total. The van der Waals surface area contributed by atoms with E-state index in [4.69, 9.17) is 9.47 Å². The lowest BCUT2D eigenvalue weighted by Gasteiger charge is -2.35. The van der Waals surface area contributed by atoms with Crippen molar-refractivity contribution < 1.29 is 9.47 Å². The van der Waals surface area contributed by atoms with Crippen LogP contribution in [0.25, 0.3) is 0 Å². The average Bonchev–Trinajstić information content (AvgIpc) is 2.52. The van der Waals surface area contributed by atoms with Crippen molar-refractivity contribution in [3.63, 3.8) is 0 Å². The van der Waals surface area contributed by atoms with Crippen molar-refractivity contribution in [2.45, 2.75) is 12.5 Å². The first-order valence-corrected chi connectivity index (χ1v) is 7.07. The molecule has 0 spiro atoms. The van der Waals surface area contributed by atoms with E-state index in [-0.39, 0.29) is 0 Å². The van der Waals surface area contributed by atoms with Crippen LogP contribution in [0.3, 0.4) is 0 Å². The van der Waals surface area contributed by atoms with E-state index in [1.165, 1.54) is 5.56 Å². The van der Waals surface area contributed by atoms with Crippen LogP contribution >= 0.6 is 0 Å². The van der Waals surface area contributed by atoms with Gasteiger partial charge in [-0.05, 0) is 24.1 Å². The van der Waals surface area contributed by atoms with Gasteiger partial charge in [-0.15, -0.1) is 6.58 Å². The van der Waals surface area contributed by atoms with Crippen LogP contribution in [-0.4, -0.2) is 45.3 Å². The first-order chi connectivity index (χ1) is 9.80. The van der Waals surface area contributed by atoms with Crippen molar-refractivity contribution in [1.29, 1.82) is 0 Å². The van der Waals surface area contributed by atoms with Gasteiger partial charge in [0.1, 0.15) is 0 Å². The highest BCUT2D eigenvalue weighted by Crippen LogP contribution is 2.33. The Hall–Kier alpha value is -1.52. The monoisotopic (exact) mass is 276 g/mol. The summed E-state index contributed by atoms with van der Waals surface area (Å²) in [6.45, 7) is 8.11. The predicted octanol–water partition coefficient (Wildman–Crippen LogP) is 2.23. The number of hydrogen-bond acceptors (Lipinski definition) is 4. The van der Waals surface area contributed by atoms with Gasteiger partial charge in [0.15, 0.2) is 11.5 Å². The molecule has 0 unspecified atom stereocenters. The predicted molar refractivity (Wildman–Crippen MR) is 81.5 cm³/mol. The fourth-order valence-corrected chi connectivity index (χ4v) is 2.71. The van der Waals surface area contributed by atoms with E-state index in [2.05, 4.69) is 28.9 Å². The van der Waals surface area contributed by atoms with Crippen molar-refractivity contribution in [2.24, 2.45) is 0 Å². The molecular formula is C16H24N2O2. The van der Waals surface area contributed by atoms with E-state index in [9.17, 15) is 0 Å². The summed E-state index contributed by atoms with van der Waals surface area (Å²) in [4.78, 5) is 2.50. The van der Waals surface area contributed by atoms with E-state index in [1.807, 2.05) is 12.1 Å². The second-order valence-corrected chi connectivity index (χ2v) is 4.94. The third-order valence-corrected chi connectivity index (χ3v) is 3.77. The van der Waals surface area contributed by atoms with E-state index < -0.39 is 0 Å². The lowest BCUT2D eigenvalue weighted by Crippen LogP contribution is -2.45. The number of methoxy groups -OCH3 is 2. The molecule has 0 aliphatic carbocycles. The zero-order valence-electron chi connectivity index (χ0n) is 12.4. The molecule has 0 saturated carbocycles. The summed E-state index contributed by atoms with van der Waals surface area (Å²) < 4.78 is 10.7. The molecule has 0 radical (unpaired) electrons. The molecule has 1 aromatic carbocycles. The standard InChI is InChI=1S/C16H24N2O2/c1-4-5-14(18-10-8-17-9-11-18)13-6-7-15(19-2)16(12-13)20-3/h4,6-7,12,14,17H,1,5,8-11H2,2-3H3/t14-/m0/s1. The summed E-state index contributed by atoms with van der Waals surface area (Å²) in [5, 5.41) is 3.39. The van der Waals surface area contributed by atoms with Gasteiger partial charge in [-0.25, -0.2) is 0 Å². The zero-order valence-corrected chi connectivity index (χ0v) is 12.4. The minimum atomic E-state index is 0.356. The molecule has 1 fully saturated rings. The molecule has 1 aliphatic rings. The number of piperazine rings is 1. The highest BCUT2D eigenvalue weighted by molar-refractivity contribution is 5.44. The van der Waals surface area contributed by atoms with Crippen molar-refractivity contribution in [2.75, 3.05) is 40.4 Å². The third-order valence-electron chi connectivity index (χ3n) is 3.77. The zero-order chi connectivity index (χ0) is 14.4. The van der Waals surface area contributed by atoms with Crippen LogP contribution in [0.5, 0.6) is 11.5 Å². The summed E-state index contributed by atoms with van der Waals surface area (Å²) in [7, 11) is 3.34. The molecule has 1 aliphatic heterocycles. The molecule has 4 heteroatoms. The average molecular weight is 276 g/mol. The number of nitrogens with zero attached hydrogens (tertiary/aromatic N) is 1. The van der Waals surface area contributed by atoms with Crippen molar-refractivity contribution in [3.05, 3.63) is 36.4 Å². The molecule has 0 bridgehead atoms. The molecular weight excluding hydrogens is 252 g/mol. The topological polar surface area (TPSA) is 33.7 Å². The van der Waals surface area contributed by atoms with E-state index in [0.717, 1.165) is 44.1 Å². The smallest absolute Gasteiger partial charge is 0.161 e. The van der Waals surface area contributed by atoms with Gasteiger partial charge < -0.3 is 14.8 Å². The Morgan fingerprint density at radius 1 is 1.25 bits per heavy atom. The molecule has 110 valence electrons. The number of benzene rings is 1. The van der Waals surface area contributed by atoms with Crippen LogP contribution in [-0.2, 0) is 0 Å². The van der Waals surface area contributed by atoms with E-state index in [1.54, 1.807) is 14.2 Å². The lowest BCUT2D eigenvalue weighted by atomic mass is 10.0. The van der Waals surface area contributed by atoms with Gasteiger partial charge in [-0.1, -0.05) is 12.1 Å². The van der Waals surface area contributed by atoms with E-state index in [0.29, 0.717) is 6.04 Å². The summed E-state index contributed by atoms with van der Waals surface area (Å²) in [6.07, 6.45) is 2.93. The molecule has 2 rings (SSSR count). The maximum absolute atomic E-state index is 5.41. The Morgan fingerprint density at radius 2 is 1.95 bits per heavy atom. The Bertz CT molecular complexity index is 442. The molecule has 1 saturated heterocycles. The van der Waals surface area contributed by atoms with Crippen molar-refractivity contribution in [1.82, 2.24) is 10.2 Å². The van der Waals surface area contributed by atoms with Gasteiger partial charge in [0.2, 0.25) is 0 Å². The van der Waals surface area contributed by atoms with Gasteiger partial charge in [-0.3, -0.25) is 4.90 Å². The molecule has 1 atom stereocenters. The Kier molecular flexibility index (Phi) is 5.44. The largest absolute Gasteiger partial charge is 0.493 e. The van der Waals surface area contributed by atoms with Crippen LogP contribution < -0.4 is 14.8 Å². The second-order valence-electron chi connectivity index (χ2n) is 4.94. The maximum Gasteiger partial charge on any atom is 0.161 e. The quantitative estimate of drug-likeness (QED) is 0.808. The number of nitrogens with one attached hydrogen (secondary N) is 1. The minimum absolute atomic E-state index is 0.356. The molecule has 20 heavy (non-hydrogen) atoms. The van der Waals surface area contributed by atoms with Crippen molar-refractivity contribution in [3.8, 4) is 11.5 Å². The van der Waals surface area contributed by atoms with Gasteiger partial charge in [0.25, 0.3) is 0 Å². The molecule has 1 aromatic rings. The summed E-state index contributed by atoms with van der Waals surface area (Å²) in [5.41, 5.74) is 1.25. The van der Waals surface area contributed by atoms with Crippen LogP contribution in [0.1, 0.15) is 18.0 Å². The molecule has 1 heterocycles. The Labute approximate surface area is 121 Å². The second kappa shape index (κ2) is 7.31. The van der Waals surface area contributed by atoms with Gasteiger partial charge in [0, 0.05) is 32.2 Å². The first kappa shape index (κ1) is 14.9. The minimum Gasteiger partial charge on any atom is -0.493 e. The normalized spacial score (nSPS) is 17.5. The summed E-state index contributed by atoms with van der Waals surface area (Å²) in [6, 6.07) is 6.54. The summed E-state index contributed by atoms with van der Waals surface area (Å²) >= 11 is 0. The Morgan fingerprint density at radius 3 is 2.55 bits per heavy atom. The molecule has 0 aromatic heterocycles. The fraction of sp³-hybridized carbons (Fsp3) is 0.500. The highest BCUT2D eigenvalue weighted by atomic mass is 16.5. The molecule has 0 amide bonds. The van der Waals surface area contributed by atoms with Crippen molar-refractivity contribution >= 4 is 0 Å². The number of hydrogen-bond donors (Lipinski definition) is 1. The van der Waals surface area contributed by atoms with E-state index >= 15 is 0 Å². The van der Waals surface area contributed by atoms with Gasteiger partial charge in [0.05, 0.1) is 14.2 Å². The summed E-state index contributed by atoms with van der Waals surface area (Å²) in [5.74, 6) is 1.56. The lowest BCUT2D eigenvalue weighted by molar-refractivity contribution is 0.174. The number of ether oxygens (including phenoxy) is 2. The van der Waals surface area contributed by atoms with Crippen LogP contribution in [0.15, 0.2) is 30.9 Å². The third kappa shape index (κ3) is 3.32. The number of rotatable bonds is 6. The first-order valence-electron chi connectivity index (χ1n) is 7.07. The SMILES string of the molecule is C=CC[C@@H](c1ccc(OC)c(OC)c1)N1CCNCC1. The highest BCUT2D eigenvalue weighted by Gasteiger charge is 2.22. The van der Waals surface area contributed by atoms with Crippen LogP contribution in [0.4, 0.5) is 0 Å². The Balaban J connectivity index is 2.25. The molecule has 4 nitrogen and oxygen atoms in total.